The molecule has 8 nitrogen and oxygen atoms in total. The zero-order chi connectivity index (χ0) is 17.9. The van der Waals surface area contributed by atoms with Crippen LogP contribution in [0.5, 0.6) is 5.75 Å². The Labute approximate surface area is 140 Å². The second-order valence-electron chi connectivity index (χ2n) is 6.60. The Morgan fingerprint density at radius 1 is 1.42 bits per heavy atom. The smallest absolute Gasteiger partial charge is 0.407 e. The third kappa shape index (κ3) is 5.09. The van der Waals surface area contributed by atoms with Crippen molar-refractivity contribution in [1.82, 2.24) is 5.32 Å². The number of nitrogens with zero attached hydrogens (tertiary/aromatic N) is 1. The molecular formula is C16H22N2O6. The maximum atomic E-state index is 11.6. The fraction of sp³-hybridized carbons (Fsp3) is 0.562. The van der Waals surface area contributed by atoms with Gasteiger partial charge in [-0.05, 0) is 38.8 Å². The van der Waals surface area contributed by atoms with Crippen LogP contribution in [0.4, 0.5) is 10.5 Å². The lowest BCUT2D eigenvalue weighted by atomic mass is 10.2. The summed E-state index contributed by atoms with van der Waals surface area (Å²) in [4.78, 5) is 22.1. The molecule has 1 saturated carbocycles. The molecule has 1 aliphatic carbocycles. The van der Waals surface area contributed by atoms with Crippen molar-refractivity contribution in [2.45, 2.75) is 51.5 Å². The van der Waals surface area contributed by atoms with E-state index < -0.39 is 16.6 Å². The number of hydrogen-bond acceptors (Lipinski definition) is 6. The summed E-state index contributed by atoms with van der Waals surface area (Å²) in [6.07, 6.45) is 0.106. The molecule has 1 amide bonds. The van der Waals surface area contributed by atoms with E-state index >= 15 is 0 Å². The molecule has 1 aromatic carbocycles. The van der Waals surface area contributed by atoms with E-state index in [-0.39, 0.29) is 30.2 Å². The van der Waals surface area contributed by atoms with Crippen molar-refractivity contribution in [2.24, 2.45) is 0 Å². The van der Waals surface area contributed by atoms with E-state index in [1.54, 1.807) is 32.9 Å². The normalized spacial score (nSPS) is 19.5. The summed E-state index contributed by atoms with van der Waals surface area (Å²) in [6.45, 7) is 5.61. The molecule has 0 saturated heterocycles. The molecule has 0 aromatic heterocycles. The number of hydrogen-bond donors (Lipinski definition) is 1. The van der Waals surface area contributed by atoms with Crippen molar-refractivity contribution >= 4 is 11.8 Å². The van der Waals surface area contributed by atoms with Crippen molar-refractivity contribution < 1.29 is 23.9 Å². The molecule has 0 unspecified atom stereocenters. The highest BCUT2D eigenvalue weighted by molar-refractivity contribution is 5.68. The highest BCUT2D eigenvalue weighted by atomic mass is 16.6. The maximum absolute atomic E-state index is 11.6. The lowest BCUT2D eigenvalue weighted by Gasteiger charge is -2.19. The number of nitro groups is 1. The number of carbonyl (C=O) groups is 1. The quantitative estimate of drug-likeness (QED) is 0.632. The van der Waals surface area contributed by atoms with Crippen molar-refractivity contribution in [2.75, 3.05) is 7.11 Å². The van der Waals surface area contributed by atoms with E-state index in [0.717, 1.165) is 0 Å². The Hall–Kier alpha value is -2.35. The van der Waals surface area contributed by atoms with Crippen molar-refractivity contribution in [3.05, 3.63) is 33.9 Å². The summed E-state index contributed by atoms with van der Waals surface area (Å²) in [5.74, 6) is 0.208. The van der Waals surface area contributed by atoms with Gasteiger partial charge in [-0.25, -0.2) is 4.79 Å². The summed E-state index contributed by atoms with van der Waals surface area (Å²) in [6, 6.07) is 4.59. The SMILES string of the molecule is COc1ccc(CO[C@@H]2C[C@H]2NC(=O)OC(C)(C)C)cc1[N+](=O)[O-]. The van der Waals surface area contributed by atoms with Crippen LogP contribution in [0.2, 0.25) is 0 Å². The molecule has 0 aliphatic heterocycles. The zero-order valence-corrected chi connectivity index (χ0v) is 14.2. The van der Waals surface area contributed by atoms with Gasteiger partial charge >= 0.3 is 11.8 Å². The number of benzene rings is 1. The number of methoxy groups -OCH3 is 1. The van der Waals surface area contributed by atoms with E-state index in [9.17, 15) is 14.9 Å². The van der Waals surface area contributed by atoms with Gasteiger partial charge in [0.25, 0.3) is 0 Å². The van der Waals surface area contributed by atoms with E-state index in [1.807, 2.05) is 0 Å². The molecule has 0 radical (unpaired) electrons. The minimum Gasteiger partial charge on any atom is -0.490 e. The van der Waals surface area contributed by atoms with Gasteiger partial charge in [-0.3, -0.25) is 10.1 Å². The van der Waals surface area contributed by atoms with Gasteiger partial charge in [0.15, 0.2) is 5.75 Å². The fourth-order valence-corrected chi connectivity index (χ4v) is 2.14. The average molecular weight is 338 g/mol. The monoisotopic (exact) mass is 338 g/mol. The fourth-order valence-electron chi connectivity index (χ4n) is 2.14. The molecule has 2 atom stereocenters. The number of ether oxygens (including phenoxy) is 3. The molecule has 2 rings (SSSR count). The molecule has 0 bridgehead atoms. The Morgan fingerprint density at radius 2 is 2.12 bits per heavy atom. The molecule has 0 spiro atoms. The van der Waals surface area contributed by atoms with E-state index in [4.69, 9.17) is 14.2 Å². The van der Waals surface area contributed by atoms with Crippen LogP contribution in [-0.2, 0) is 16.1 Å². The van der Waals surface area contributed by atoms with E-state index in [1.165, 1.54) is 13.2 Å². The molecule has 132 valence electrons. The van der Waals surface area contributed by atoms with Gasteiger partial charge in [0.05, 0.1) is 30.8 Å². The zero-order valence-electron chi connectivity index (χ0n) is 14.2. The number of rotatable bonds is 6. The van der Waals surface area contributed by atoms with Gasteiger partial charge in [0.1, 0.15) is 5.60 Å². The average Bonchev–Trinajstić information content (AvgIpc) is 3.20. The molecular weight excluding hydrogens is 316 g/mol. The number of carbonyl (C=O) groups excluding carboxylic acids is 1. The summed E-state index contributed by atoms with van der Waals surface area (Å²) in [7, 11) is 1.38. The van der Waals surface area contributed by atoms with Gasteiger partial charge in [-0.15, -0.1) is 0 Å². The lowest BCUT2D eigenvalue weighted by molar-refractivity contribution is -0.385. The minimum absolute atomic E-state index is 0.0897. The number of nitrogens with one attached hydrogen (secondary N) is 1. The second kappa shape index (κ2) is 7.04. The van der Waals surface area contributed by atoms with E-state index in [0.29, 0.717) is 12.0 Å². The maximum Gasteiger partial charge on any atom is 0.407 e. The molecule has 8 heteroatoms. The molecule has 1 aromatic rings. The standard InChI is InChI=1S/C16H22N2O6/c1-16(2,3)24-15(19)17-11-8-14(11)23-9-10-5-6-13(22-4)12(7-10)18(20)21/h5-7,11,14H,8-9H2,1-4H3,(H,17,19)/t11-,14-/m1/s1. The largest absolute Gasteiger partial charge is 0.490 e. The highest BCUT2D eigenvalue weighted by Crippen LogP contribution is 2.30. The summed E-state index contributed by atoms with van der Waals surface area (Å²) in [5.41, 5.74) is 0.0282. The predicted octanol–water partition coefficient (Wildman–Crippen LogP) is 2.79. The Bertz CT molecular complexity index is 625. The van der Waals surface area contributed by atoms with Gasteiger partial charge in [-0.1, -0.05) is 6.07 Å². The van der Waals surface area contributed by atoms with Crippen molar-refractivity contribution in [3.63, 3.8) is 0 Å². The third-order valence-corrected chi connectivity index (χ3v) is 3.34. The summed E-state index contributed by atoms with van der Waals surface area (Å²) >= 11 is 0. The first-order valence-corrected chi connectivity index (χ1v) is 7.62. The van der Waals surface area contributed by atoms with Crippen LogP contribution in [0, 0.1) is 10.1 Å². The minimum atomic E-state index is -0.544. The van der Waals surface area contributed by atoms with Gasteiger partial charge in [-0.2, -0.15) is 0 Å². The molecule has 1 fully saturated rings. The molecule has 1 N–H and O–H groups in total. The Morgan fingerprint density at radius 3 is 2.71 bits per heavy atom. The lowest BCUT2D eigenvalue weighted by Crippen LogP contribution is -2.35. The Balaban J connectivity index is 1.82. The van der Waals surface area contributed by atoms with Crippen LogP contribution in [-0.4, -0.2) is 35.9 Å². The van der Waals surface area contributed by atoms with Crippen molar-refractivity contribution in [1.29, 1.82) is 0 Å². The van der Waals surface area contributed by atoms with Crippen LogP contribution >= 0.6 is 0 Å². The first kappa shape index (κ1) is 18.0. The van der Waals surface area contributed by atoms with E-state index in [2.05, 4.69) is 5.32 Å². The van der Waals surface area contributed by atoms with Crippen LogP contribution < -0.4 is 10.1 Å². The molecule has 1 aliphatic rings. The highest BCUT2D eigenvalue weighted by Gasteiger charge is 2.40. The first-order valence-electron chi connectivity index (χ1n) is 7.62. The number of nitro benzene ring substituents is 1. The van der Waals surface area contributed by atoms with Gasteiger partial charge < -0.3 is 19.5 Å². The predicted molar refractivity (Wildman–Crippen MR) is 86.0 cm³/mol. The van der Waals surface area contributed by atoms with Gasteiger partial charge in [0, 0.05) is 6.07 Å². The van der Waals surface area contributed by atoms with Crippen LogP contribution in [0.25, 0.3) is 0 Å². The topological polar surface area (TPSA) is 99.9 Å². The number of alkyl carbamates (subject to hydrolysis) is 1. The first-order chi connectivity index (χ1) is 11.2. The van der Waals surface area contributed by atoms with Crippen LogP contribution in [0.15, 0.2) is 18.2 Å². The molecule has 0 heterocycles. The third-order valence-electron chi connectivity index (χ3n) is 3.34. The van der Waals surface area contributed by atoms with Gasteiger partial charge in [0.2, 0.25) is 0 Å². The van der Waals surface area contributed by atoms with Crippen LogP contribution in [0.1, 0.15) is 32.8 Å². The summed E-state index contributed by atoms with van der Waals surface area (Å²) < 4.78 is 15.8. The Kier molecular flexibility index (Phi) is 5.28. The van der Waals surface area contributed by atoms with Crippen LogP contribution in [0.3, 0.4) is 0 Å². The van der Waals surface area contributed by atoms with Crippen molar-refractivity contribution in [3.8, 4) is 5.75 Å². The molecule has 24 heavy (non-hydrogen) atoms. The summed E-state index contributed by atoms with van der Waals surface area (Å²) in [5, 5.41) is 13.7. The second-order valence-corrected chi connectivity index (χ2v) is 6.60. The number of amides is 1.